The summed E-state index contributed by atoms with van der Waals surface area (Å²) in [6, 6.07) is 0.851. The molecule has 3 rings (SSSR count). The van der Waals surface area contributed by atoms with E-state index in [1.807, 2.05) is 0 Å². The fraction of sp³-hybridized carbons (Fsp3) is 0.818. The summed E-state index contributed by atoms with van der Waals surface area (Å²) in [6.07, 6.45) is 9.61. The van der Waals surface area contributed by atoms with Gasteiger partial charge >= 0.3 is 0 Å². The Labute approximate surface area is 84.6 Å². The second-order valence-corrected chi connectivity index (χ2v) is 4.68. The summed E-state index contributed by atoms with van der Waals surface area (Å²) in [5.41, 5.74) is 5.94. The first-order chi connectivity index (χ1) is 6.79. The first-order valence-electron chi connectivity index (χ1n) is 5.42. The lowest BCUT2D eigenvalue weighted by Crippen LogP contribution is -2.38. The van der Waals surface area contributed by atoms with E-state index in [-0.39, 0.29) is 6.04 Å². The summed E-state index contributed by atoms with van der Waals surface area (Å²) in [5.74, 6) is 3.34. The fourth-order valence-corrected chi connectivity index (χ4v) is 2.91. The third kappa shape index (κ3) is 1.18. The number of epoxide rings is 1. The van der Waals surface area contributed by atoms with Gasteiger partial charge in [0, 0.05) is 24.5 Å². The minimum Gasteiger partial charge on any atom is -0.351 e. The minimum absolute atomic E-state index is 0.227. The number of hydrogen-bond acceptors (Lipinski definition) is 3. The van der Waals surface area contributed by atoms with Gasteiger partial charge in [0.1, 0.15) is 12.3 Å². The Morgan fingerprint density at radius 3 is 2.79 bits per heavy atom. The Morgan fingerprint density at radius 1 is 1.43 bits per heavy atom. The normalized spacial score (nSPS) is 51.6. The summed E-state index contributed by atoms with van der Waals surface area (Å²) in [6.45, 7) is 0.997. The van der Waals surface area contributed by atoms with Gasteiger partial charge in [-0.05, 0) is 19.3 Å². The number of terminal acetylenes is 1. The molecule has 0 aromatic rings. The highest BCUT2D eigenvalue weighted by Crippen LogP contribution is 2.41. The average Bonchev–Trinajstić information content (AvgIpc) is 2.71. The topological polar surface area (TPSA) is 41.8 Å². The van der Waals surface area contributed by atoms with E-state index in [9.17, 15) is 0 Å². The molecule has 3 fully saturated rings. The number of hydrogen-bond donors (Lipinski definition) is 1. The van der Waals surface area contributed by atoms with E-state index in [1.165, 1.54) is 12.8 Å². The zero-order valence-corrected chi connectivity index (χ0v) is 8.23. The van der Waals surface area contributed by atoms with Crippen molar-refractivity contribution in [1.29, 1.82) is 0 Å². The number of likely N-dealkylation sites (tertiary alicyclic amines) is 1. The van der Waals surface area contributed by atoms with Crippen LogP contribution < -0.4 is 5.73 Å². The molecule has 0 radical (unpaired) electrons. The molecule has 2 N–H and O–H groups in total. The zero-order chi connectivity index (χ0) is 9.71. The predicted molar refractivity (Wildman–Crippen MR) is 53.3 cm³/mol. The number of nitrogens with zero attached hydrogens (tertiary/aromatic N) is 1. The van der Waals surface area contributed by atoms with Gasteiger partial charge in [-0.25, -0.2) is 0 Å². The zero-order valence-electron chi connectivity index (χ0n) is 8.23. The van der Waals surface area contributed by atoms with Crippen molar-refractivity contribution < 1.29 is 4.74 Å². The fourth-order valence-electron chi connectivity index (χ4n) is 2.91. The van der Waals surface area contributed by atoms with Crippen molar-refractivity contribution in [3.05, 3.63) is 0 Å². The summed E-state index contributed by atoms with van der Waals surface area (Å²) >= 11 is 0. The Kier molecular flexibility index (Phi) is 1.85. The molecule has 2 heterocycles. The second-order valence-electron chi connectivity index (χ2n) is 4.68. The van der Waals surface area contributed by atoms with Crippen molar-refractivity contribution in [1.82, 2.24) is 4.90 Å². The molecule has 0 aromatic heterocycles. The van der Waals surface area contributed by atoms with Gasteiger partial charge in [0.05, 0.1) is 0 Å². The molecular weight excluding hydrogens is 176 g/mol. The van der Waals surface area contributed by atoms with Gasteiger partial charge < -0.3 is 10.5 Å². The van der Waals surface area contributed by atoms with Crippen LogP contribution in [-0.2, 0) is 4.74 Å². The molecule has 1 saturated carbocycles. The maximum atomic E-state index is 5.94. The molecule has 3 nitrogen and oxygen atoms in total. The first-order valence-corrected chi connectivity index (χ1v) is 5.42. The number of nitrogens with two attached hydrogens (primary N) is 1. The van der Waals surface area contributed by atoms with E-state index in [4.69, 9.17) is 16.9 Å². The van der Waals surface area contributed by atoms with Crippen molar-refractivity contribution in [2.45, 2.75) is 43.7 Å². The van der Waals surface area contributed by atoms with E-state index >= 15 is 0 Å². The standard InChI is InChI=1S/C11H16N2O/c1-2-7-3-4-8(5-7)13-6-9(12)10-11(13)14-10/h1,7-11H,3-6,12H2. The molecule has 14 heavy (non-hydrogen) atoms. The smallest absolute Gasteiger partial charge is 0.139 e. The number of ether oxygens (including phenoxy) is 1. The molecular formula is C11H16N2O. The summed E-state index contributed by atoms with van der Waals surface area (Å²) in [5, 5.41) is 0. The van der Waals surface area contributed by atoms with Gasteiger partial charge in [0.2, 0.25) is 0 Å². The third-order valence-electron chi connectivity index (χ3n) is 3.78. The van der Waals surface area contributed by atoms with Crippen LogP contribution in [-0.4, -0.2) is 35.9 Å². The van der Waals surface area contributed by atoms with Gasteiger partial charge in [0.15, 0.2) is 0 Å². The molecule has 0 bridgehead atoms. The van der Waals surface area contributed by atoms with Crippen molar-refractivity contribution >= 4 is 0 Å². The van der Waals surface area contributed by atoms with Crippen LogP contribution in [0.25, 0.3) is 0 Å². The molecule has 0 aromatic carbocycles. The van der Waals surface area contributed by atoms with E-state index in [1.54, 1.807) is 0 Å². The van der Waals surface area contributed by atoms with Crippen LogP contribution in [0.2, 0.25) is 0 Å². The molecule has 0 amide bonds. The summed E-state index contributed by atoms with van der Waals surface area (Å²) in [7, 11) is 0. The van der Waals surface area contributed by atoms with Crippen LogP contribution in [0, 0.1) is 18.3 Å². The van der Waals surface area contributed by atoms with E-state index in [0.717, 1.165) is 13.0 Å². The molecule has 3 heteroatoms. The van der Waals surface area contributed by atoms with Crippen molar-refractivity contribution in [3.63, 3.8) is 0 Å². The maximum Gasteiger partial charge on any atom is 0.139 e. The number of rotatable bonds is 1. The SMILES string of the molecule is C#CC1CCC(N2CC(N)C3OC32)C1. The highest BCUT2D eigenvalue weighted by molar-refractivity contribution is 5.07. The molecule has 5 unspecified atom stereocenters. The van der Waals surface area contributed by atoms with Crippen molar-refractivity contribution in [3.8, 4) is 12.3 Å². The lowest BCUT2D eigenvalue weighted by Gasteiger charge is -2.24. The monoisotopic (exact) mass is 192 g/mol. The molecule has 76 valence electrons. The largest absolute Gasteiger partial charge is 0.351 e. The lowest BCUT2D eigenvalue weighted by atomic mass is 10.1. The van der Waals surface area contributed by atoms with E-state index in [2.05, 4.69) is 10.8 Å². The van der Waals surface area contributed by atoms with E-state index in [0.29, 0.717) is 24.3 Å². The minimum atomic E-state index is 0.227. The van der Waals surface area contributed by atoms with E-state index < -0.39 is 0 Å². The van der Waals surface area contributed by atoms with Gasteiger partial charge in [-0.3, -0.25) is 4.90 Å². The first kappa shape index (κ1) is 8.72. The van der Waals surface area contributed by atoms with Gasteiger partial charge in [-0.15, -0.1) is 12.3 Å². The quantitative estimate of drug-likeness (QED) is 0.475. The molecule has 5 atom stereocenters. The highest BCUT2D eigenvalue weighted by Gasteiger charge is 2.56. The van der Waals surface area contributed by atoms with Gasteiger partial charge in [0.25, 0.3) is 0 Å². The van der Waals surface area contributed by atoms with Gasteiger partial charge in [-0.2, -0.15) is 0 Å². The molecule has 2 aliphatic heterocycles. The Bertz CT molecular complexity index is 286. The Morgan fingerprint density at radius 2 is 2.29 bits per heavy atom. The molecule has 0 spiro atoms. The van der Waals surface area contributed by atoms with Crippen LogP contribution >= 0.6 is 0 Å². The molecule has 2 saturated heterocycles. The van der Waals surface area contributed by atoms with Crippen molar-refractivity contribution in [2.24, 2.45) is 11.7 Å². The van der Waals surface area contributed by atoms with Crippen LogP contribution in [0.1, 0.15) is 19.3 Å². The predicted octanol–water partition coefficient (Wildman–Crippen LogP) is 0.156. The number of fused-ring (bicyclic) bond motifs is 1. The Balaban J connectivity index is 1.65. The summed E-state index contributed by atoms with van der Waals surface area (Å²) < 4.78 is 5.51. The van der Waals surface area contributed by atoms with Crippen LogP contribution in [0.4, 0.5) is 0 Å². The molecule has 1 aliphatic carbocycles. The second kappa shape index (κ2) is 2.96. The average molecular weight is 192 g/mol. The van der Waals surface area contributed by atoms with Gasteiger partial charge in [-0.1, -0.05) is 0 Å². The maximum absolute atomic E-state index is 5.94. The summed E-state index contributed by atoms with van der Waals surface area (Å²) in [4.78, 5) is 2.42. The van der Waals surface area contributed by atoms with Crippen LogP contribution in [0.3, 0.4) is 0 Å². The van der Waals surface area contributed by atoms with Crippen LogP contribution in [0.5, 0.6) is 0 Å². The van der Waals surface area contributed by atoms with Crippen molar-refractivity contribution in [2.75, 3.05) is 6.54 Å². The molecule has 3 aliphatic rings. The van der Waals surface area contributed by atoms with Crippen LogP contribution in [0.15, 0.2) is 0 Å². The third-order valence-corrected chi connectivity index (χ3v) is 3.78. The lowest BCUT2D eigenvalue weighted by molar-refractivity contribution is 0.108. The highest BCUT2D eigenvalue weighted by atomic mass is 16.6. The Hall–Kier alpha value is -0.560.